The number of benzene rings is 2. The number of anilines is 1. The van der Waals surface area contributed by atoms with Gasteiger partial charge in [-0.05, 0) is 43.3 Å². The van der Waals surface area contributed by atoms with Crippen LogP contribution < -0.4 is 10.6 Å². The van der Waals surface area contributed by atoms with Gasteiger partial charge in [0.25, 0.3) is 11.8 Å². The van der Waals surface area contributed by atoms with Crippen LogP contribution in [-0.2, 0) is 6.18 Å². The maximum atomic E-state index is 12.9. The standard InChI is InChI=1S/C20H16F3N3O2S/c1-2-24-17(27)12-6-8-15(9-7-12)25-18(28)16-11-29-19(26-16)13-4-3-5-14(10-13)20(21,22)23/h3-11H,2H2,1H3,(H,24,27)(H,25,28). The number of hydrogen-bond donors (Lipinski definition) is 2. The highest BCUT2D eigenvalue weighted by molar-refractivity contribution is 7.13. The van der Waals surface area contributed by atoms with E-state index >= 15 is 0 Å². The highest BCUT2D eigenvalue weighted by Crippen LogP contribution is 2.33. The quantitative estimate of drug-likeness (QED) is 0.622. The lowest BCUT2D eigenvalue weighted by atomic mass is 10.1. The zero-order valence-electron chi connectivity index (χ0n) is 15.2. The summed E-state index contributed by atoms with van der Waals surface area (Å²) in [6.07, 6.45) is -4.45. The molecule has 9 heteroatoms. The topological polar surface area (TPSA) is 71.1 Å². The van der Waals surface area contributed by atoms with Crippen LogP contribution in [0.3, 0.4) is 0 Å². The van der Waals surface area contributed by atoms with Gasteiger partial charge < -0.3 is 10.6 Å². The molecule has 0 aliphatic carbocycles. The molecule has 2 amide bonds. The minimum absolute atomic E-state index is 0.0928. The number of nitrogens with one attached hydrogen (secondary N) is 2. The Balaban J connectivity index is 1.72. The lowest BCUT2D eigenvalue weighted by Crippen LogP contribution is -2.22. The van der Waals surface area contributed by atoms with Gasteiger partial charge in [-0.1, -0.05) is 12.1 Å². The van der Waals surface area contributed by atoms with Crippen LogP contribution in [-0.4, -0.2) is 23.3 Å². The van der Waals surface area contributed by atoms with E-state index in [1.807, 2.05) is 6.92 Å². The van der Waals surface area contributed by atoms with Gasteiger partial charge in [0.2, 0.25) is 0 Å². The van der Waals surface area contributed by atoms with Crippen molar-refractivity contribution in [2.75, 3.05) is 11.9 Å². The number of carbonyl (C=O) groups excluding carboxylic acids is 2. The Morgan fingerprint density at radius 3 is 2.45 bits per heavy atom. The summed E-state index contributed by atoms with van der Waals surface area (Å²) >= 11 is 1.08. The molecule has 0 saturated carbocycles. The third-order valence-electron chi connectivity index (χ3n) is 3.92. The summed E-state index contributed by atoms with van der Waals surface area (Å²) in [4.78, 5) is 28.3. The molecule has 1 aromatic heterocycles. The number of alkyl halides is 3. The average molecular weight is 419 g/mol. The van der Waals surface area contributed by atoms with E-state index in [-0.39, 0.29) is 17.2 Å². The molecule has 0 bridgehead atoms. The minimum atomic E-state index is -4.45. The lowest BCUT2D eigenvalue weighted by Gasteiger charge is -2.07. The van der Waals surface area contributed by atoms with E-state index in [1.54, 1.807) is 24.3 Å². The van der Waals surface area contributed by atoms with Crippen molar-refractivity contribution in [1.29, 1.82) is 0 Å². The van der Waals surface area contributed by atoms with E-state index in [1.165, 1.54) is 17.5 Å². The van der Waals surface area contributed by atoms with Gasteiger partial charge in [-0.15, -0.1) is 11.3 Å². The number of hydrogen-bond acceptors (Lipinski definition) is 4. The van der Waals surface area contributed by atoms with Crippen molar-refractivity contribution < 1.29 is 22.8 Å². The van der Waals surface area contributed by atoms with Crippen molar-refractivity contribution in [3.8, 4) is 10.6 Å². The first-order chi connectivity index (χ1) is 13.8. The van der Waals surface area contributed by atoms with Crippen molar-refractivity contribution in [2.24, 2.45) is 0 Å². The van der Waals surface area contributed by atoms with E-state index in [0.717, 1.165) is 23.5 Å². The predicted molar refractivity (Wildman–Crippen MR) is 105 cm³/mol. The highest BCUT2D eigenvalue weighted by atomic mass is 32.1. The van der Waals surface area contributed by atoms with Crippen molar-refractivity contribution >= 4 is 28.8 Å². The third kappa shape index (κ3) is 5.00. The molecular formula is C20H16F3N3O2S. The van der Waals surface area contributed by atoms with Gasteiger partial charge in [-0.2, -0.15) is 13.2 Å². The van der Waals surface area contributed by atoms with E-state index < -0.39 is 17.6 Å². The fraction of sp³-hybridized carbons (Fsp3) is 0.150. The Kier molecular flexibility index (Phi) is 5.97. The van der Waals surface area contributed by atoms with Crippen LogP contribution in [0.25, 0.3) is 10.6 Å². The van der Waals surface area contributed by atoms with Crippen LogP contribution in [0.1, 0.15) is 33.3 Å². The van der Waals surface area contributed by atoms with E-state index in [4.69, 9.17) is 0 Å². The second-order valence-electron chi connectivity index (χ2n) is 6.01. The van der Waals surface area contributed by atoms with Gasteiger partial charge in [0.05, 0.1) is 5.56 Å². The number of rotatable bonds is 5. The summed E-state index contributed by atoms with van der Waals surface area (Å²) in [7, 11) is 0. The van der Waals surface area contributed by atoms with Gasteiger partial charge in [-0.25, -0.2) is 4.98 Å². The summed E-state index contributed by atoms with van der Waals surface area (Å²) in [6.45, 7) is 2.32. The SMILES string of the molecule is CCNC(=O)c1ccc(NC(=O)c2csc(-c3cccc(C(F)(F)F)c3)n2)cc1. The summed E-state index contributed by atoms with van der Waals surface area (Å²) < 4.78 is 38.6. The van der Waals surface area contributed by atoms with Gasteiger partial charge in [-0.3, -0.25) is 9.59 Å². The Labute approximate surface area is 168 Å². The number of aromatic nitrogens is 1. The maximum Gasteiger partial charge on any atom is 0.416 e. The van der Waals surface area contributed by atoms with Crippen molar-refractivity contribution in [1.82, 2.24) is 10.3 Å². The average Bonchev–Trinajstić information content (AvgIpc) is 3.19. The highest BCUT2D eigenvalue weighted by Gasteiger charge is 2.30. The van der Waals surface area contributed by atoms with E-state index in [2.05, 4.69) is 15.6 Å². The summed E-state index contributed by atoms with van der Waals surface area (Å²) in [6, 6.07) is 11.1. The smallest absolute Gasteiger partial charge is 0.352 e. The second kappa shape index (κ2) is 8.44. The fourth-order valence-electron chi connectivity index (χ4n) is 2.50. The van der Waals surface area contributed by atoms with Crippen LogP contribution in [0.5, 0.6) is 0 Å². The third-order valence-corrected chi connectivity index (χ3v) is 4.81. The molecule has 0 saturated heterocycles. The van der Waals surface area contributed by atoms with E-state index in [9.17, 15) is 22.8 Å². The fourth-order valence-corrected chi connectivity index (χ4v) is 3.30. The van der Waals surface area contributed by atoms with Gasteiger partial charge >= 0.3 is 6.18 Å². The van der Waals surface area contributed by atoms with Crippen LogP contribution in [0, 0.1) is 0 Å². The zero-order chi connectivity index (χ0) is 21.0. The first kappa shape index (κ1) is 20.5. The molecule has 0 atom stereocenters. The monoisotopic (exact) mass is 419 g/mol. The van der Waals surface area contributed by atoms with E-state index in [0.29, 0.717) is 22.8 Å². The molecule has 5 nitrogen and oxygen atoms in total. The Bertz CT molecular complexity index is 1030. The van der Waals surface area contributed by atoms with Gasteiger partial charge in [0, 0.05) is 28.7 Å². The van der Waals surface area contributed by atoms with Gasteiger partial charge in [0.1, 0.15) is 10.7 Å². The molecule has 0 unspecified atom stereocenters. The molecule has 2 N–H and O–H groups in total. The Morgan fingerprint density at radius 1 is 1.07 bits per heavy atom. The molecule has 150 valence electrons. The van der Waals surface area contributed by atoms with Crippen LogP contribution in [0.2, 0.25) is 0 Å². The first-order valence-corrected chi connectivity index (χ1v) is 9.48. The van der Waals surface area contributed by atoms with Crippen LogP contribution in [0.4, 0.5) is 18.9 Å². The molecule has 29 heavy (non-hydrogen) atoms. The van der Waals surface area contributed by atoms with Crippen LogP contribution >= 0.6 is 11.3 Å². The maximum absolute atomic E-state index is 12.9. The molecule has 0 radical (unpaired) electrons. The Morgan fingerprint density at radius 2 is 1.79 bits per heavy atom. The molecule has 0 fully saturated rings. The first-order valence-electron chi connectivity index (χ1n) is 8.60. The lowest BCUT2D eigenvalue weighted by molar-refractivity contribution is -0.137. The van der Waals surface area contributed by atoms with Crippen molar-refractivity contribution in [3.63, 3.8) is 0 Å². The minimum Gasteiger partial charge on any atom is -0.352 e. The van der Waals surface area contributed by atoms with Crippen LogP contribution in [0.15, 0.2) is 53.9 Å². The van der Waals surface area contributed by atoms with Crippen molar-refractivity contribution in [3.05, 3.63) is 70.7 Å². The number of carbonyl (C=O) groups is 2. The normalized spacial score (nSPS) is 11.2. The summed E-state index contributed by atoms with van der Waals surface area (Å²) in [5.41, 5.74) is 0.538. The number of amides is 2. The molecule has 3 aromatic rings. The van der Waals surface area contributed by atoms with Gasteiger partial charge in [0.15, 0.2) is 0 Å². The molecule has 3 rings (SSSR count). The molecule has 0 aliphatic rings. The predicted octanol–water partition coefficient (Wildman–Crippen LogP) is 4.83. The molecule has 0 spiro atoms. The Hall–Kier alpha value is -3.20. The number of thiazole rings is 1. The number of halogens is 3. The summed E-state index contributed by atoms with van der Waals surface area (Å²) in [5, 5.41) is 7.12. The number of nitrogens with zero attached hydrogens (tertiary/aromatic N) is 1. The molecule has 2 aromatic carbocycles. The second-order valence-corrected chi connectivity index (χ2v) is 6.87. The molecular weight excluding hydrogens is 403 g/mol. The van der Waals surface area contributed by atoms with Crippen molar-refractivity contribution in [2.45, 2.75) is 13.1 Å². The molecule has 0 aliphatic heterocycles. The zero-order valence-corrected chi connectivity index (χ0v) is 16.0. The molecule has 1 heterocycles. The largest absolute Gasteiger partial charge is 0.416 e. The summed E-state index contributed by atoms with van der Waals surface area (Å²) in [5.74, 6) is -0.708.